The molecule has 2 unspecified atom stereocenters. The fourth-order valence-corrected chi connectivity index (χ4v) is 5.92. The van der Waals surface area contributed by atoms with Crippen molar-refractivity contribution in [2.75, 3.05) is 0 Å². The van der Waals surface area contributed by atoms with E-state index in [2.05, 4.69) is 6.58 Å². The van der Waals surface area contributed by atoms with Crippen molar-refractivity contribution < 1.29 is 33.6 Å². The van der Waals surface area contributed by atoms with Crippen LogP contribution >= 0.6 is 0 Å². The van der Waals surface area contributed by atoms with Crippen molar-refractivity contribution in [3.05, 3.63) is 12.2 Å². The van der Waals surface area contributed by atoms with Crippen molar-refractivity contribution in [3.8, 4) is 0 Å². The Morgan fingerprint density at radius 2 is 1.96 bits per heavy atom. The third-order valence-electron chi connectivity index (χ3n) is 7.94. The molecule has 0 aromatic carbocycles. The molecule has 0 spiro atoms. The molecule has 10 atom stereocenters. The minimum atomic E-state index is -0.945. The smallest absolute Gasteiger partial charge is 0.341 e. The monoisotopic (exact) mass is 378 g/mol. The summed E-state index contributed by atoms with van der Waals surface area (Å²) in [7, 11) is 0. The van der Waals surface area contributed by atoms with Crippen molar-refractivity contribution >= 4 is 11.9 Å². The fraction of sp³-hybridized carbons (Fsp3) is 0.800. The first kappa shape index (κ1) is 17.6. The molecule has 2 aliphatic carbocycles. The maximum Gasteiger partial charge on any atom is 0.341 e. The van der Waals surface area contributed by atoms with Crippen LogP contribution in [-0.4, -0.2) is 58.8 Å². The van der Waals surface area contributed by atoms with Crippen LogP contribution in [0.4, 0.5) is 0 Å². The minimum Gasteiger partial charge on any atom is -0.459 e. The zero-order valence-corrected chi connectivity index (χ0v) is 16.1. The summed E-state index contributed by atoms with van der Waals surface area (Å²) in [4.78, 5) is 25.0. The Morgan fingerprint density at radius 3 is 2.59 bits per heavy atom. The number of hydrogen-bond donors (Lipinski definition) is 1. The lowest BCUT2D eigenvalue weighted by atomic mass is 9.51. The van der Waals surface area contributed by atoms with Crippen LogP contribution in [0.1, 0.15) is 40.5 Å². The molecule has 7 heteroatoms. The number of aliphatic hydroxyl groups excluding tert-OH is 1. The van der Waals surface area contributed by atoms with Crippen LogP contribution in [0.15, 0.2) is 12.2 Å². The molecule has 0 amide bonds. The Balaban J connectivity index is 1.51. The number of esters is 2. The Labute approximate surface area is 158 Å². The maximum atomic E-state index is 12.7. The van der Waals surface area contributed by atoms with Crippen LogP contribution in [-0.2, 0) is 28.5 Å². The summed E-state index contributed by atoms with van der Waals surface area (Å²) in [5.74, 6) is -1.50. The van der Waals surface area contributed by atoms with Gasteiger partial charge in [0.15, 0.2) is 5.60 Å². The zero-order valence-electron chi connectivity index (χ0n) is 16.1. The summed E-state index contributed by atoms with van der Waals surface area (Å²) in [6.07, 6.45) is -0.994. The van der Waals surface area contributed by atoms with E-state index in [9.17, 15) is 14.7 Å². The Kier molecular flexibility index (Phi) is 3.22. The highest BCUT2D eigenvalue weighted by Gasteiger charge is 2.75. The molecule has 27 heavy (non-hydrogen) atoms. The second-order valence-electron chi connectivity index (χ2n) is 9.46. The molecule has 5 fully saturated rings. The predicted molar refractivity (Wildman–Crippen MR) is 91.5 cm³/mol. The molecule has 148 valence electrons. The molecular formula is C20H26O7. The summed E-state index contributed by atoms with van der Waals surface area (Å²) >= 11 is 0. The van der Waals surface area contributed by atoms with Gasteiger partial charge in [0.05, 0.1) is 29.8 Å². The fourth-order valence-electron chi connectivity index (χ4n) is 5.92. The van der Waals surface area contributed by atoms with E-state index >= 15 is 0 Å². The summed E-state index contributed by atoms with van der Waals surface area (Å²) in [6, 6.07) is 0. The molecule has 0 aromatic heterocycles. The third-order valence-corrected chi connectivity index (χ3v) is 7.94. The number of hydrogen-bond acceptors (Lipinski definition) is 7. The van der Waals surface area contributed by atoms with Gasteiger partial charge in [-0.05, 0) is 27.2 Å². The number of carbonyl (C=O) groups is 2. The quantitative estimate of drug-likeness (QED) is 0.437. The van der Waals surface area contributed by atoms with Crippen LogP contribution in [0.25, 0.3) is 0 Å². The average molecular weight is 378 g/mol. The predicted octanol–water partition coefficient (Wildman–Crippen LogP) is 1.12. The van der Waals surface area contributed by atoms with E-state index in [4.69, 9.17) is 18.9 Å². The SMILES string of the molecule is C=C1C(=O)O[C@H]2[C@H]1[C@H](OC(=O)C1(C)OC1C)C[C@@]1(C)[C@H](O)C[C@H]3O[C@@]3(C)[C@H]21. The van der Waals surface area contributed by atoms with E-state index in [0.717, 1.165) is 0 Å². The molecule has 3 saturated heterocycles. The summed E-state index contributed by atoms with van der Waals surface area (Å²) < 4.78 is 22.9. The van der Waals surface area contributed by atoms with Gasteiger partial charge in [-0.25, -0.2) is 9.59 Å². The van der Waals surface area contributed by atoms with Gasteiger partial charge in [0.1, 0.15) is 12.2 Å². The highest BCUT2D eigenvalue weighted by molar-refractivity contribution is 5.91. The molecule has 7 nitrogen and oxygen atoms in total. The Bertz CT molecular complexity index is 763. The maximum absolute atomic E-state index is 12.7. The molecule has 0 bridgehead atoms. The topological polar surface area (TPSA) is 97.9 Å². The van der Waals surface area contributed by atoms with Gasteiger partial charge in [-0.3, -0.25) is 0 Å². The lowest BCUT2D eigenvalue weighted by Crippen LogP contribution is -2.62. The van der Waals surface area contributed by atoms with E-state index in [0.29, 0.717) is 18.4 Å². The first-order valence-electron chi connectivity index (χ1n) is 9.67. The standard InChI is InChI=1S/C20H26O7/c1-8-13-10(24-17(23)19(4)9(2)26-19)7-18(3)11(21)6-12-20(5,27-12)15(18)14(13)25-16(8)22/h9-15,21H,1,6-7H2,2-5H3/t9?,10-,11-,12-,13-,14+,15-,18+,19?,20-/m1/s1. The molecule has 5 rings (SSSR count). The summed E-state index contributed by atoms with van der Waals surface area (Å²) in [5, 5.41) is 10.9. The third kappa shape index (κ3) is 2.08. The van der Waals surface area contributed by atoms with E-state index in [1.54, 1.807) is 6.92 Å². The van der Waals surface area contributed by atoms with Crippen LogP contribution in [0, 0.1) is 17.3 Å². The van der Waals surface area contributed by atoms with Crippen molar-refractivity contribution in [1.82, 2.24) is 0 Å². The number of ether oxygens (including phenoxy) is 4. The Hall–Kier alpha value is -1.44. The Morgan fingerprint density at radius 1 is 1.30 bits per heavy atom. The summed E-state index contributed by atoms with van der Waals surface area (Å²) in [5.41, 5.74) is -1.64. The largest absolute Gasteiger partial charge is 0.459 e. The van der Waals surface area contributed by atoms with Gasteiger partial charge < -0.3 is 24.1 Å². The first-order valence-corrected chi connectivity index (χ1v) is 9.67. The number of carbonyl (C=O) groups excluding carboxylic acids is 2. The summed E-state index contributed by atoms with van der Waals surface area (Å²) in [6.45, 7) is 11.4. The van der Waals surface area contributed by atoms with Crippen molar-refractivity contribution in [1.29, 1.82) is 0 Å². The normalized spacial score (nSPS) is 57.9. The van der Waals surface area contributed by atoms with Crippen molar-refractivity contribution in [2.45, 2.75) is 82.3 Å². The lowest BCUT2D eigenvalue weighted by Gasteiger charge is -2.54. The molecule has 0 radical (unpaired) electrons. The van der Waals surface area contributed by atoms with Crippen molar-refractivity contribution in [3.63, 3.8) is 0 Å². The van der Waals surface area contributed by atoms with E-state index in [1.807, 2.05) is 20.8 Å². The second-order valence-corrected chi connectivity index (χ2v) is 9.46. The molecule has 1 N–H and O–H groups in total. The molecule has 0 aromatic rings. The van der Waals surface area contributed by atoms with Crippen LogP contribution in [0.5, 0.6) is 0 Å². The highest BCUT2D eigenvalue weighted by atomic mass is 16.7. The van der Waals surface area contributed by atoms with Crippen LogP contribution in [0.2, 0.25) is 0 Å². The van der Waals surface area contributed by atoms with Crippen molar-refractivity contribution in [2.24, 2.45) is 17.3 Å². The van der Waals surface area contributed by atoms with E-state index < -0.39 is 52.8 Å². The van der Waals surface area contributed by atoms with Gasteiger partial charge in [0, 0.05) is 23.3 Å². The number of rotatable bonds is 2. The van der Waals surface area contributed by atoms with Gasteiger partial charge in [0.25, 0.3) is 0 Å². The molecule has 3 heterocycles. The first-order chi connectivity index (χ1) is 12.5. The number of fused-ring (bicyclic) bond motifs is 5. The van der Waals surface area contributed by atoms with Crippen LogP contribution in [0.3, 0.4) is 0 Å². The van der Waals surface area contributed by atoms with E-state index in [-0.39, 0.29) is 18.1 Å². The zero-order chi connectivity index (χ0) is 19.5. The van der Waals surface area contributed by atoms with Gasteiger partial charge in [-0.15, -0.1) is 0 Å². The molecular weight excluding hydrogens is 352 g/mol. The molecule has 3 aliphatic heterocycles. The van der Waals surface area contributed by atoms with Gasteiger partial charge in [-0.2, -0.15) is 0 Å². The van der Waals surface area contributed by atoms with E-state index in [1.165, 1.54) is 0 Å². The minimum absolute atomic E-state index is 0.0301. The average Bonchev–Trinajstić information content (AvgIpc) is 3.38. The second kappa shape index (κ2) is 4.93. The molecule has 5 aliphatic rings. The lowest BCUT2D eigenvalue weighted by molar-refractivity contribution is -0.193. The number of aliphatic hydroxyl groups is 1. The number of epoxide rings is 2. The van der Waals surface area contributed by atoms with Gasteiger partial charge in [-0.1, -0.05) is 13.5 Å². The van der Waals surface area contributed by atoms with Gasteiger partial charge >= 0.3 is 11.9 Å². The molecule has 2 saturated carbocycles. The van der Waals surface area contributed by atoms with Crippen LogP contribution < -0.4 is 0 Å². The highest BCUT2D eigenvalue weighted by Crippen LogP contribution is 2.66. The van der Waals surface area contributed by atoms with Gasteiger partial charge in [0.2, 0.25) is 0 Å².